The minimum Gasteiger partial charge on any atom is -0.327 e. The first-order chi connectivity index (χ1) is 8.84. The molecule has 1 aromatic carbocycles. The normalized spacial score (nSPS) is 13.1. The number of aryl methyl sites for hydroxylation is 1. The van der Waals surface area contributed by atoms with Gasteiger partial charge in [-0.2, -0.15) is 0 Å². The van der Waals surface area contributed by atoms with E-state index in [2.05, 4.69) is 39.1 Å². The van der Waals surface area contributed by atoms with Crippen molar-refractivity contribution in [3.8, 4) is 0 Å². The number of hydrogen-bond acceptors (Lipinski definition) is 2. The van der Waals surface area contributed by atoms with Crippen LogP contribution in [0.1, 0.15) is 46.1 Å². The number of rotatable bonds is 5. The number of nitrogens with one attached hydrogen (secondary N) is 1. The van der Waals surface area contributed by atoms with Crippen LogP contribution in [0.5, 0.6) is 0 Å². The zero-order valence-corrected chi connectivity index (χ0v) is 12.5. The van der Waals surface area contributed by atoms with Crippen molar-refractivity contribution >= 4 is 11.6 Å². The highest BCUT2D eigenvalue weighted by Crippen LogP contribution is 2.21. The highest BCUT2D eigenvalue weighted by atomic mass is 16.1. The highest BCUT2D eigenvalue weighted by Gasteiger charge is 2.23. The average molecular weight is 262 g/mol. The molecule has 0 bridgehead atoms. The van der Waals surface area contributed by atoms with Crippen molar-refractivity contribution in [3.63, 3.8) is 0 Å². The smallest absolute Gasteiger partial charge is 0.225 e. The Hall–Kier alpha value is -1.35. The Labute approximate surface area is 116 Å². The minimum absolute atomic E-state index is 0.00835. The fraction of sp³-hybridized carbons (Fsp3) is 0.562. The van der Waals surface area contributed by atoms with E-state index in [1.807, 2.05) is 18.2 Å². The lowest BCUT2D eigenvalue weighted by Crippen LogP contribution is -2.38. The van der Waals surface area contributed by atoms with Crippen molar-refractivity contribution < 1.29 is 4.79 Å². The maximum absolute atomic E-state index is 12.0. The van der Waals surface area contributed by atoms with Gasteiger partial charge in [-0.1, -0.05) is 52.3 Å². The van der Waals surface area contributed by atoms with E-state index in [9.17, 15) is 4.79 Å². The van der Waals surface area contributed by atoms with Crippen molar-refractivity contribution in [3.05, 3.63) is 29.8 Å². The van der Waals surface area contributed by atoms with Gasteiger partial charge in [0.15, 0.2) is 0 Å². The Bertz CT molecular complexity index is 421. The molecule has 0 aliphatic heterocycles. The zero-order chi connectivity index (χ0) is 14.5. The molecule has 3 nitrogen and oxygen atoms in total. The van der Waals surface area contributed by atoms with E-state index in [1.54, 1.807) is 0 Å². The van der Waals surface area contributed by atoms with Crippen molar-refractivity contribution in [2.24, 2.45) is 11.1 Å². The molecule has 1 amide bonds. The molecule has 1 unspecified atom stereocenters. The molecule has 0 saturated heterocycles. The molecule has 0 radical (unpaired) electrons. The van der Waals surface area contributed by atoms with Crippen molar-refractivity contribution in [2.75, 3.05) is 5.32 Å². The van der Waals surface area contributed by atoms with Gasteiger partial charge in [0.05, 0.1) is 0 Å². The zero-order valence-electron chi connectivity index (χ0n) is 12.5. The molecular formula is C16H26N2O. The molecule has 0 aromatic heterocycles. The first kappa shape index (κ1) is 15.7. The van der Waals surface area contributed by atoms with Crippen LogP contribution in [0.3, 0.4) is 0 Å². The maximum Gasteiger partial charge on any atom is 0.225 e. The topological polar surface area (TPSA) is 55.1 Å². The molecule has 0 saturated carbocycles. The summed E-state index contributed by atoms with van der Waals surface area (Å²) in [5.41, 5.74) is 8.08. The summed E-state index contributed by atoms with van der Waals surface area (Å²) in [7, 11) is 0. The van der Waals surface area contributed by atoms with Gasteiger partial charge < -0.3 is 11.1 Å². The Balaban J connectivity index is 2.67. The molecule has 3 heteroatoms. The van der Waals surface area contributed by atoms with E-state index in [0.717, 1.165) is 18.5 Å². The van der Waals surface area contributed by atoms with Crippen molar-refractivity contribution in [1.82, 2.24) is 0 Å². The minimum atomic E-state index is -0.133. The predicted molar refractivity (Wildman–Crippen MR) is 81.1 cm³/mol. The molecule has 1 rings (SSSR count). The number of benzene rings is 1. The lowest BCUT2D eigenvalue weighted by Gasteiger charge is -2.26. The van der Waals surface area contributed by atoms with Gasteiger partial charge in [-0.25, -0.2) is 0 Å². The summed E-state index contributed by atoms with van der Waals surface area (Å²) >= 11 is 0. The lowest BCUT2D eigenvalue weighted by molar-refractivity contribution is -0.117. The number of anilines is 1. The van der Waals surface area contributed by atoms with Crippen LogP contribution in [0.2, 0.25) is 0 Å². The Morgan fingerprint density at radius 1 is 1.32 bits per heavy atom. The molecule has 3 N–H and O–H groups in total. The second-order valence-corrected chi connectivity index (χ2v) is 6.13. The second-order valence-electron chi connectivity index (χ2n) is 6.13. The fourth-order valence-electron chi connectivity index (χ4n) is 1.84. The number of carbonyl (C=O) groups excluding carboxylic acids is 1. The van der Waals surface area contributed by atoms with Gasteiger partial charge in [-0.05, 0) is 23.5 Å². The van der Waals surface area contributed by atoms with Gasteiger partial charge in [0.1, 0.15) is 0 Å². The molecule has 0 spiro atoms. The molecule has 0 aliphatic rings. The van der Waals surface area contributed by atoms with Crippen LogP contribution in [0.25, 0.3) is 0 Å². The molecule has 106 valence electrons. The molecule has 1 aromatic rings. The highest BCUT2D eigenvalue weighted by molar-refractivity contribution is 5.91. The lowest BCUT2D eigenvalue weighted by atomic mass is 9.85. The number of carbonyl (C=O) groups is 1. The van der Waals surface area contributed by atoms with Crippen LogP contribution in [0.4, 0.5) is 5.69 Å². The average Bonchev–Trinajstić information content (AvgIpc) is 2.30. The van der Waals surface area contributed by atoms with E-state index in [4.69, 9.17) is 5.73 Å². The van der Waals surface area contributed by atoms with Crippen molar-refractivity contribution in [1.29, 1.82) is 0 Å². The summed E-state index contributed by atoms with van der Waals surface area (Å²) in [6, 6.07) is 7.82. The Kier molecular flexibility index (Phi) is 5.55. The van der Waals surface area contributed by atoms with Gasteiger partial charge in [0.25, 0.3) is 0 Å². The fourth-order valence-corrected chi connectivity index (χ4v) is 1.84. The molecule has 0 aliphatic carbocycles. The third-order valence-corrected chi connectivity index (χ3v) is 3.33. The first-order valence-corrected chi connectivity index (χ1v) is 6.98. The van der Waals surface area contributed by atoms with Gasteiger partial charge in [0.2, 0.25) is 5.91 Å². The van der Waals surface area contributed by atoms with Crippen LogP contribution in [-0.2, 0) is 11.2 Å². The Morgan fingerprint density at radius 2 is 1.95 bits per heavy atom. The summed E-state index contributed by atoms with van der Waals surface area (Å²) in [6.07, 6.45) is 2.39. The van der Waals surface area contributed by atoms with Crippen LogP contribution in [0.15, 0.2) is 24.3 Å². The third-order valence-electron chi connectivity index (χ3n) is 3.33. The third kappa shape index (κ3) is 5.03. The van der Waals surface area contributed by atoms with E-state index in [-0.39, 0.29) is 17.4 Å². The summed E-state index contributed by atoms with van der Waals surface area (Å²) in [6.45, 7) is 8.29. The van der Waals surface area contributed by atoms with Gasteiger partial charge in [-0.15, -0.1) is 0 Å². The summed E-state index contributed by atoms with van der Waals surface area (Å²) < 4.78 is 0. The van der Waals surface area contributed by atoms with Crippen LogP contribution in [-0.4, -0.2) is 11.9 Å². The Morgan fingerprint density at radius 3 is 2.53 bits per heavy atom. The number of nitrogens with two attached hydrogens (primary N) is 1. The molecule has 1 atom stereocenters. The van der Waals surface area contributed by atoms with Gasteiger partial charge >= 0.3 is 0 Å². The van der Waals surface area contributed by atoms with Crippen LogP contribution in [0, 0.1) is 5.41 Å². The molecule has 0 heterocycles. The number of hydrogen-bond donors (Lipinski definition) is 2. The SMILES string of the molecule is CCCc1ccccc1NC(=O)CC(N)C(C)(C)C. The second kappa shape index (κ2) is 6.71. The van der Waals surface area contributed by atoms with Crippen LogP contribution < -0.4 is 11.1 Å². The molecule has 19 heavy (non-hydrogen) atoms. The first-order valence-electron chi connectivity index (χ1n) is 6.98. The van der Waals surface area contributed by atoms with Crippen molar-refractivity contribution in [2.45, 2.75) is 53.0 Å². The summed E-state index contributed by atoms with van der Waals surface area (Å²) in [5.74, 6) is -0.00835. The van der Waals surface area contributed by atoms with Gasteiger partial charge in [0, 0.05) is 18.2 Å². The molecule has 0 fully saturated rings. The van der Waals surface area contributed by atoms with Gasteiger partial charge in [-0.3, -0.25) is 4.79 Å². The van der Waals surface area contributed by atoms with E-state index in [0.29, 0.717) is 6.42 Å². The number of amides is 1. The largest absolute Gasteiger partial charge is 0.327 e. The predicted octanol–water partition coefficient (Wildman–Crippen LogP) is 3.34. The summed E-state index contributed by atoms with van der Waals surface area (Å²) in [5, 5.41) is 2.98. The quantitative estimate of drug-likeness (QED) is 0.855. The monoisotopic (exact) mass is 262 g/mol. The van der Waals surface area contributed by atoms with Crippen LogP contribution >= 0.6 is 0 Å². The standard InChI is InChI=1S/C16H26N2O/c1-5-8-12-9-6-7-10-13(12)18-15(19)11-14(17)16(2,3)4/h6-7,9-10,14H,5,8,11,17H2,1-4H3,(H,18,19). The van der Waals surface area contributed by atoms with E-state index in [1.165, 1.54) is 5.56 Å². The van der Waals surface area contributed by atoms with E-state index < -0.39 is 0 Å². The maximum atomic E-state index is 12.0. The van der Waals surface area contributed by atoms with E-state index >= 15 is 0 Å². The summed E-state index contributed by atoms with van der Waals surface area (Å²) in [4.78, 5) is 12.0. The molecular weight excluding hydrogens is 236 g/mol. The number of para-hydroxylation sites is 1.